The van der Waals surface area contributed by atoms with Crippen molar-refractivity contribution < 1.29 is 17.9 Å². The average molecular weight is 359 g/mol. The molecular weight excluding hydrogens is 343 g/mol. The number of halogens is 3. The number of ether oxygens (including phenoxy) is 1. The molecule has 2 aromatic carbocycles. The Morgan fingerprint density at radius 1 is 1.08 bits per heavy atom. The maximum absolute atomic E-state index is 12.6. The molecule has 0 saturated carbocycles. The van der Waals surface area contributed by atoms with Crippen LogP contribution in [0.2, 0.25) is 0 Å². The summed E-state index contributed by atoms with van der Waals surface area (Å²) < 4.78 is 41.8. The van der Waals surface area contributed by atoms with Gasteiger partial charge >= 0.3 is 6.36 Å². The summed E-state index contributed by atoms with van der Waals surface area (Å²) >= 11 is 0. The third-order valence-electron chi connectivity index (χ3n) is 4.25. The van der Waals surface area contributed by atoms with Gasteiger partial charge in [0, 0.05) is 17.4 Å². The molecule has 3 aromatic rings. The van der Waals surface area contributed by atoms with Gasteiger partial charge in [-0.2, -0.15) is 0 Å². The van der Waals surface area contributed by atoms with Crippen LogP contribution in [0.3, 0.4) is 0 Å². The SMILES string of the molecule is Cc1ccc(-c2[nH]c3ccc(OC(F)(F)F)cc3c2C2=NCCN2)cc1. The van der Waals surface area contributed by atoms with Crippen LogP contribution in [0.15, 0.2) is 47.5 Å². The third kappa shape index (κ3) is 3.12. The zero-order valence-electron chi connectivity index (χ0n) is 13.9. The molecule has 0 radical (unpaired) electrons. The second kappa shape index (κ2) is 6.09. The maximum atomic E-state index is 12.6. The third-order valence-corrected chi connectivity index (χ3v) is 4.25. The Hall–Kier alpha value is -2.96. The summed E-state index contributed by atoms with van der Waals surface area (Å²) in [6.45, 7) is 3.33. The lowest BCUT2D eigenvalue weighted by molar-refractivity contribution is -0.274. The van der Waals surface area contributed by atoms with E-state index in [4.69, 9.17) is 0 Å². The number of hydrogen-bond donors (Lipinski definition) is 2. The van der Waals surface area contributed by atoms with Crippen molar-refractivity contribution in [2.24, 2.45) is 4.99 Å². The van der Waals surface area contributed by atoms with E-state index < -0.39 is 6.36 Å². The average Bonchev–Trinajstić information content (AvgIpc) is 3.20. The van der Waals surface area contributed by atoms with Gasteiger partial charge < -0.3 is 15.0 Å². The highest BCUT2D eigenvalue weighted by atomic mass is 19.4. The summed E-state index contributed by atoms with van der Waals surface area (Å²) in [5, 5.41) is 3.84. The molecular formula is C19H16F3N3O. The standard InChI is InChI=1S/C19H16F3N3O/c1-11-2-4-12(5-3-11)17-16(18-23-8-9-24-18)14-10-13(26-19(20,21)22)6-7-15(14)25-17/h2-7,10,25H,8-9H2,1H3,(H,23,24). The Labute approximate surface area is 147 Å². The molecule has 0 aliphatic carbocycles. The molecule has 0 spiro atoms. The van der Waals surface area contributed by atoms with Crippen molar-refractivity contribution >= 4 is 16.7 Å². The predicted molar refractivity (Wildman–Crippen MR) is 94.6 cm³/mol. The van der Waals surface area contributed by atoms with Crippen molar-refractivity contribution in [3.63, 3.8) is 0 Å². The van der Waals surface area contributed by atoms with Crippen LogP contribution in [0.4, 0.5) is 13.2 Å². The fourth-order valence-electron chi connectivity index (χ4n) is 3.12. The van der Waals surface area contributed by atoms with Crippen molar-refractivity contribution in [3.8, 4) is 17.0 Å². The van der Waals surface area contributed by atoms with Crippen LogP contribution in [-0.4, -0.2) is 30.3 Å². The van der Waals surface area contributed by atoms with E-state index in [1.54, 1.807) is 6.07 Å². The van der Waals surface area contributed by atoms with Gasteiger partial charge in [-0.3, -0.25) is 4.99 Å². The van der Waals surface area contributed by atoms with E-state index in [-0.39, 0.29) is 5.75 Å². The van der Waals surface area contributed by atoms with Gasteiger partial charge in [0.05, 0.1) is 17.8 Å². The van der Waals surface area contributed by atoms with Gasteiger partial charge in [-0.15, -0.1) is 13.2 Å². The van der Waals surface area contributed by atoms with Gasteiger partial charge in [0.25, 0.3) is 0 Å². The van der Waals surface area contributed by atoms with Crippen LogP contribution in [0, 0.1) is 6.92 Å². The summed E-state index contributed by atoms with van der Waals surface area (Å²) in [7, 11) is 0. The molecule has 0 atom stereocenters. The zero-order valence-corrected chi connectivity index (χ0v) is 13.9. The molecule has 134 valence electrons. The molecule has 2 heterocycles. The highest BCUT2D eigenvalue weighted by Crippen LogP contribution is 2.34. The topological polar surface area (TPSA) is 49.4 Å². The van der Waals surface area contributed by atoms with E-state index in [1.807, 2.05) is 31.2 Å². The van der Waals surface area contributed by atoms with E-state index in [0.29, 0.717) is 24.3 Å². The molecule has 1 aliphatic heterocycles. The monoisotopic (exact) mass is 359 g/mol. The van der Waals surface area contributed by atoms with Crippen LogP contribution in [0.5, 0.6) is 5.75 Å². The Kier molecular flexibility index (Phi) is 3.86. The van der Waals surface area contributed by atoms with Gasteiger partial charge in [0.1, 0.15) is 11.6 Å². The fraction of sp³-hybridized carbons (Fsp3) is 0.211. The number of fused-ring (bicyclic) bond motifs is 1. The number of nitrogens with one attached hydrogen (secondary N) is 2. The molecule has 4 nitrogen and oxygen atoms in total. The molecule has 1 aliphatic rings. The fourth-order valence-corrected chi connectivity index (χ4v) is 3.12. The lowest BCUT2D eigenvalue weighted by atomic mass is 10.0. The van der Waals surface area contributed by atoms with E-state index in [1.165, 1.54) is 12.1 Å². The summed E-state index contributed by atoms with van der Waals surface area (Å²) in [6, 6.07) is 12.2. The molecule has 2 N–H and O–H groups in total. The normalized spacial score (nSPS) is 14.4. The number of amidine groups is 1. The Morgan fingerprint density at radius 3 is 2.50 bits per heavy atom. The van der Waals surface area contributed by atoms with Crippen LogP contribution in [0.1, 0.15) is 11.1 Å². The summed E-state index contributed by atoms with van der Waals surface area (Å²) in [5.41, 5.74) is 4.37. The van der Waals surface area contributed by atoms with Crippen LogP contribution in [0.25, 0.3) is 22.2 Å². The molecule has 26 heavy (non-hydrogen) atoms. The smallest absolute Gasteiger partial charge is 0.406 e. The first-order chi connectivity index (χ1) is 12.4. The second-order valence-corrected chi connectivity index (χ2v) is 6.15. The van der Waals surface area contributed by atoms with Crippen LogP contribution in [-0.2, 0) is 0 Å². The summed E-state index contributed by atoms with van der Waals surface area (Å²) in [5.74, 6) is 0.426. The molecule has 4 rings (SSSR count). The molecule has 0 amide bonds. The van der Waals surface area contributed by atoms with E-state index in [0.717, 1.165) is 27.9 Å². The molecule has 0 unspecified atom stereocenters. The van der Waals surface area contributed by atoms with Crippen molar-refractivity contribution in [1.82, 2.24) is 10.3 Å². The second-order valence-electron chi connectivity index (χ2n) is 6.15. The van der Waals surface area contributed by atoms with E-state index >= 15 is 0 Å². The minimum absolute atomic E-state index is 0.251. The number of aliphatic imine (C=N–C) groups is 1. The van der Waals surface area contributed by atoms with Gasteiger partial charge in [0.15, 0.2) is 0 Å². The van der Waals surface area contributed by atoms with Gasteiger partial charge in [-0.05, 0) is 30.7 Å². The maximum Gasteiger partial charge on any atom is 0.573 e. The number of rotatable bonds is 3. The number of benzene rings is 2. The molecule has 0 bridgehead atoms. The Balaban J connectivity index is 1.91. The van der Waals surface area contributed by atoms with Crippen molar-refractivity contribution in [2.75, 3.05) is 13.1 Å². The number of alkyl halides is 3. The van der Waals surface area contributed by atoms with Crippen molar-refractivity contribution in [1.29, 1.82) is 0 Å². The van der Waals surface area contributed by atoms with Crippen LogP contribution < -0.4 is 10.1 Å². The first-order valence-electron chi connectivity index (χ1n) is 8.18. The Morgan fingerprint density at radius 2 is 1.85 bits per heavy atom. The number of hydrogen-bond acceptors (Lipinski definition) is 3. The van der Waals surface area contributed by atoms with E-state index in [2.05, 4.69) is 20.0 Å². The number of H-pyrrole nitrogens is 1. The summed E-state index contributed by atoms with van der Waals surface area (Å²) in [6.07, 6.45) is -4.73. The molecule has 0 saturated heterocycles. The largest absolute Gasteiger partial charge is 0.573 e. The number of aromatic nitrogens is 1. The van der Waals surface area contributed by atoms with Gasteiger partial charge in [0.2, 0.25) is 0 Å². The number of aryl methyl sites for hydroxylation is 1. The minimum Gasteiger partial charge on any atom is -0.406 e. The zero-order chi connectivity index (χ0) is 18.3. The van der Waals surface area contributed by atoms with Crippen molar-refractivity contribution in [3.05, 3.63) is 53.6 Å². The van der Waals surface area contributed by atoms with Gasteiger partial charge in [-0.1, -0.05) is 29.8 Å². The van der Waals surface area contributed by atoms with Crippen molar-refractivity contribution in [2.45, 2.75) is 13.3 Å². The highest BCUT2D eigenvalue weighted by Gasteiger charge is 2.31. The number of nitrogens with zero attached hydrogens (tertiary/aromatic N) is 1. The van der Waals surface area contributed by atoms with Gasteiger partial charge in [-0.25, -0.2) is 0 Å². The molecule has 1 aromatic heterocycles. The first-order valence-corrected chi connectivity index (χ1v) is 8.18. The lowest BCUT2D eigenvalue weighted by Gasteiger charge is -2.09. The first kappa shape index (κ1) is 16.5. The Bertz CT molecular complexity index is 988. The highest BCUT2D eigenvalue weighted by molar-refractivity contribution is 6.15. The predicted octanol–water partition coefficient (Wildman–Crippen LogP) is 4.39. The molecule has 0 fully saturated rings. The quantitative estimate of drug-likeness (QED) is 0.729. The van der Waals surface area contributed by atoms with Crippen LogP contribution >= 0.6 is 0 Å². The minimum atomic E-state index is -4.73. The van der Waals surface area contributed by atoms with E-state index in [9.17, 15) is 13.2 Å². The number of aromatic amines is 1. The lowest BCUT2D eigenvalue weighted by Crippen LogP contribution is -2.20. The summed E-state index contributed by atoms with van der Waals surface area (Å²) in [4.78, 5) is 7.77. The molecule has 7 heteroatoms.